The third-order valence-corrected chi connectivity index (χ3v) is 2.76. The van der Waals surface area contributed by atoms with E-state index in [4.69, 9.17) is 16.4 Å². The van der Waals surface area contributed by atoms with Crippen molar-refractivity contribution in [1.82, 2.24) is 0 Å². The smallest absolute Gasteiger partial charge is 0.378 e. The maximum Gasteiger partial charge on any atom is 0.417 e. The normalized spacial score (nSPS) is 13.5. The molecule has 0 fully saturated rings. The highest BCUT2D eigenvalue weighted by molar-refractivity contribution is 5.97. The van der Waals surface area contributed by atoms with Gasteiger partial charge in [0.15, 0.2) is 5.60 Å². The Labute approximate surface area is 130 Å². The van der Waals surface area contributed by atoms with E-state index in [-0.39, 0.29) is 12.3 Å². The number of nitrogens with one attached hydrogen (secondary N) is 1. The molecule has 0 radical (unpaired) electrons. The van der Waals surface area contributed by atoms with Crippen LogP contribution in [0.15, 0.2) is 18.2 Å². The van der Waals surface area contributed by atoms with Gasteiger partial charge in [0, 0.05) is 5.69 Å². The molecule has 0 aromatic heterocycles. The summed E-state index contributed by atoms with van der Waals surface area (Å²) in [6, 6.07) is 4.11. The van der Waals surface area contributed by atoms with Gasteiger partial charge in [0.05, 0.1) is 23.8 Å². The molecule has 1 aromatic carbocycles. The van der Waals surface area contributed by atoms with Crippen molar-refractivity contribution in [2.75, 3.05) is 18.5 Å². The van der Waals surface area contributed by atoms with Crippen LogP contribution in [-0.4, -0.2) is 29.8 Å². The van der Waals surface area contributed by atoms with E-state index < -0.39 is 35.4 Å². The van der Waals surface area contributed by atoms with Crippen LogP contribution < -0.4 is 5.32 Å². The van der Waals surface area contributed by atoms with Crippen LogP contribution in [0, 0.1) is 23.7 Å². The highest BCUT2D eigenvalue weighted by atomic mass is 19.4. The van der Waals surface area contributed by atoms with E-state index in [0.717, 1.165) is 19.1 Å². The van der Waals surface area contributed by atoms with Crippen LogP contribution in [0.4, 0.5) is 18.9 Å². The Morgan fingerprint density at radius 3 is 2.65 bits per heavy atom. The molecule has 5 nitrogen and oxygen atoms in total. The number of alkyl halides is 3. The summed E-state index contributed by atoms with van der Waals surface area (Å²) in [5.41, 5.74) is -3.94. The second kappa shape index (κ2) is 7.14. The third kappa shape index (κ3) is 4.99. The van der Waals surface area contributed by atoms with Crippen molar-refractivity contribution in [3.63, 3.8) is 0 Å². The SMILES string of the molecule is C#CCOCC(C)(O)C(=O)Nc1ccc(C#N)c(C(F)(F)F)c1. The van der Waals surface area contributed by atoms with Gasteiger partial charge in [-0.1, -0.05) is 5.92 Å². The lowest BCUT2D eigenvalue weighted by Gasteiger charge is -2.22. The van der Waals surface area contributed by atoms with Crippen molar-refractivity contribution < 1.29 is 27.8 Å². The van der Waals surface area contributed by atoms with Gasteiger partial charge in [0.2, 0.25) is 0 Å². The monoisotopic (exact) mass is 326 g/mol. The van der Waals surface area contributed by atoms with Crippen molar-refractivity contribution in [2.24, 2.45) is 0 Å². The maximum atomic E-state index is 12.8. The molecule has 23 heavy (non-hydrogen) atoms. The number of terminal acetylenes is 1. The molecule has 0 heterocycles. The van der Waals surface area contributed by atoms with Gasteiger partial charge in [-0.25, -0.2) is 0 Å². The van der Waals surface area contributed by atoms with E-state index in [1.54, 1.807) is 0 Å². The fraction of sp³-hybridized carbons (Fsp3) is 0.333. The second-order valence-electron chi connectivity index (χ2n) is 4.79. The Morgan fingerprint density at radius 2 is 2.13 bits per heavy atom. The van der Waals surface area contributed by atoms with Gasteiger partial charge in [0.25, 0.3) is 5.91 Å². The molecule has 1 atom stereocenters. The summed E-state index contributed by atoms with van der Waals surface area (Å²) in [5.74, 6) is 1.18. The summed E-state index contributed by atoms with van der Waals surface area (Å²) in [7, 11) is 0. The van der Waals surface area contributed by atoms with Crippen LogP contribution in [0.1, 0.15) is 18.1 Å². The molecule has 0 saturated carbocycles. The van der Waals surface area contributed by atoms with Gasteiger partial charge >= 0.3 is 6.18 Å². The third-order valence-electron chi connectivity index (χ3n) is 2.76. The van der Waals surface area contributed by atoms with Crippen molar-refractivity contribution in [2.45, 2.75) is 18.7 Å². The van der Waals surface area contributed by atoms with E-state index >= 15 is 0 Å². The predicted octanol–water partition coefficient (Wildman–Crippen LogP) is 1.92. The number of nitriles is 1. The van der Waals surface area contributed by atoms with Gasteiger partial charge < -0.3 is 15.2 Å². The summed E-state index contributed by atoms with van der Waals surface area (Å²) < 4.78 is 43.4. The molecule has 0 aliphatic rings. The molecule has 1 aromatic rings. The van der Waals surface area contributed by atoms with Crippen LogP contribution in [0.3, 0.4) is 0 Å². The maximum absolute atomic E-state index is 12.8. The number of benzene rings is 1. The molecule has 0 spiro atoms. The summed E-state index contributed by atoms with van der Waals surface area (Å²) >= 11 is 0. The van der Waals surface area contributed by atoms with Crippen molar-refractivity contribution in [1.29, 1.82) is 5.26 Å². The minimum Gasteiger partial charge on any atom is -0.378 e. The zero-order valence-corrected chi connectivity index (χ0v) is 12.1. The molecule has 0 aliphatic carbocycles. The number of amides is 1. The minimum absolute atomic E-state index is 0.126. The molecular weight excluding hydrogens is 313 g/mol. The zero-order valence-electron chi connectivity index (χ0n) is 12.1. The molecule has 0 bridgehead atoms. The summed E-state index contributed by atoms with van der Waals surface area (Å²) in [5, 5.41) is 20.8. The predicted molar refractivity (Wildman–Crippen MR) is 75.1 cm³/mol. The highest BCUT2D eigenvalue weighted by Crippen LogP contribution is 2.33. The molecule has 0 saturated heterocycles. The van der Waals surface area contributed by atoms with Crippen LogP contribution in [0.2, 0.25) is 0 Å². The molecule has 122 valence electrons. The van der Waals surface area contributed by atoms with Gasteiger partial charge in [-0.05, 0) is 25.1 Å². The molecular formula is C15H13F3N2O3. The quantitative estimate of drug-likeness (QED) is 0.640. The minimum atomic E-state index is -4.75. The highest BCUT2D eigenvalue weighted by Gasteiger charge is 2.35. The number of ether oxygens (including phenoxy) is 1. The van der Waals surface area contributed by atoms with Crippen LogP contribution in [0.25, 0.3) is 0 Å². The molecule has 1 rings (SSSR count). The Morgan fingerprint density at radius 1 is 1.48 bits per heavy atom. The lowest BCUT2D eigenvalue weighted by molar-refractivity contribution is -0.139. The standard InChI is InChI=1S/C15H13F3N2O3/c1-3-6-23-9-14(2,22)13(21)20-11-5-4-10(8-19)12(7-11)15(16,17)18/h1,4-5,7,22H,6,9H2,2H3,(H,20,21). The van der Waals surface area contributed by atoms with E-state index in [0.29, 0.717) is 6.07 Å². The lowest BCUT2D eigenvalue weighted by Crippen LogP contribution is -2.44. The van der Waals surface area contributed by atoms with Crippen molar-refractivity contribution in [3.8, 4) is 18.4 Å². The first-order valence-electron chi connectivity index (χ1n) is 6.28. The molecule has 1 unspecified atom stereocenters. The first-order chi connectivity index (χ1) is 10.6. The van der Waals surface area contributed by atoms with Crippen molar-refractivity contribution >= 4 is 11.6 Å². The van der Waals surface area contributed by atoms with Crippen LogP contribution >= 0.6 is 0 Å². The van der Waals surface area contributed by atoms with Gasteiger partial charge in [-0.3, -0.25) is 4.79 Å². The largest absolute Gasteiger partial charge is 0.417 e. The number of carbonyl (C=O) groups excluding carboxylic acids is 1. The van der Waals surface area contributed by atoms with E-state index in [1.807, 2.05) is 0 Å². The van der Waals surface area contributed by atoms with Crippen LogP contribution in [0.5, 0.6) is 0 Å². The average Bonchev–Trinajstić information content (AvgIpc) is 2.46. The number of hydrogen-bond donors (Lipinski definition) is 2. The first-order valence-corrected chi connectivity index (χ1v) is 6.28. The average molecular weight is 326 g/mol. The summed E-state index contributed by atoms with van der Waals surface area (Å²) in [4.78, 5) is 11.9. The van der Waals surface area contributed by atoms with Gasteiger partial charge in [-0.15, -0.1) is 6.42 Å². The molecule has 2 N–H and O–H groups in total. The second-order valence-corrected chi connectivity index (χ2v) is 4.79. The number of carbonyl (C=O) groups is 1. The Bertz CT molecular complexity index is 670. The number of rotatable bonds is 5. The number of nitrogens with zero attached hydrogens (tertiary/aromatic N) is 1. The Hall–Kier alpha value is -2.55. The van der Waals surface area contributed by atoms with Gasteiger partial charge in [-0.2, -0.15) is 18.4 Å². The number of halogens is 3. The van der Waals surface area contributed by atoms with Gasteiger partial charge in [0.1, 0.15) is 6.61 Å². The Kier molecular flexibility index (Phi) is 5.74. The summed E-state index contributed by atoms with van der Waals surface area (Å²) in [6.07, 6.45) is 0.206. The fourth-order valence-electron chi connectivity index (χ4n) is 1.59. The Balaban J connectivity index is 2.95. The zero-order chi connectivity index (χ0) is 17.7. The molecule has 1 amide bonds. The molecule has 8 heteroatoms. The summed E-state index contributed by atoms with van der Waals surface area (Å²) in [6.45, 7) is 0.580. The van der Waals surface area contributed by atoms with Crippen molar-refractivity contribution in [3.05, 3.63) is 29.3 Å². The number of hydrogen-bond acceptors (Lipinski definition) is 4. The lowest BCUT2D eigenvalue weighted by atomic mass is 10.1. The van der Waals surface area contributed by atoms with E-state index in [9.17, 15) is 23.1 Å². The van der Waals surface area contributed by atoms with E-state index in [2.05, 4.69) is 11.2 Å². The number of aliphatic hydroxyl groups is 1. The van der Waals surface area contributed by atoms with Crippen LogP contribution in [-0.2, 0) is 15.7 Å². The van der Waals surface area contributed by atoms with E-state index in [1.165, 1.54) is 6.07 Å². The molecule has 0 aliphatic heterocycles. The first kappa shape index (κ1) is 18.5. The topological polar surface area (TPSA) is 82.3 Å². The number of anilines is 1. The fourth-order valence-corrected chi connectivity index (χ4v) is 1.59.